The van der Waals surface area contributed by atoms with E-state index < -0.39 is 5.60 Å². The maximum atomic E-state index is 12.8. The number of aromatic nitrogens is 1. The summed E-state index contributed by atoms with van der Waals surface area (Å²) in [7, 11) is 0. The number of para-hydroxylation sites is 1. The van der Waals surface area contributed by atoms with Gasteiger partial charge in [0.05, 0.1) is 16.6 Å². The third-order valence-corrected chi connectivity index (χ3v) is 4.99. The minimum absolute atomic E-state index is 0.336. The Labute approximate surface area is 172 Å². The van der Waals surface area contributed by atoms with Crippen molar-refractivity contribution in [3.05, 3.63) is 76.8 Å². The number of carbonyl (C=O) groups is 1. The van der Waals surface area contributed by atoms with E-state index in [1.165, 1.54) is 0 Å². The van der Waals surface area contributed by atoms with Gasteiger partial charge in [0.15, 0.2) is 0 Å². The highest BCUT2D eigenvalue weighted by Gasteiger charge is 2.21. The molecule has 4 aromatic rings. The number of fused-ring (bicyclic) bond motifs is 2. The summed E-state index contributed by atoms with van der Waals surface area (Å²) in [5.41, 5.74) is 3.70. The number of rotatable bonds is 2. The van der Waals surface area contributed by atoms with Crippen molar-refractivity contribution in [2.45, 2.75) is 26.4 Å². The van der Waals surface area contributed by atoms with E-state index in [4.69, 9.17) is 9.72 Å². The Morgan fingerprint density at radius 3 is 2.39 bits per heavy atom. The Morgan fingerprint density at radius 2 is 1.68 bits per heavy atom. The van der Waals surface area contributed by atoms with Crippen molar-refractivity contribution in [2.75, 3.05) is 0 Å². The summed E-state index contributed by atoms with van der Waals surface area (Å²) in [6.07, 6.45) is 0. The fourth-order valence-electron chi connectivity index (χ4n) is 3.24. The smallest absolute Gasteiger partial charge is 0.339 e. The first kappa shape index (κ1) is 18.6. The monoisotopic (exact) mass is 433 g/mol. The van der Waals surface area contributed by atoms with Crippen molar-refractivity contribution in [3.8, 4) is 11.1 Å². The molecular weight excluding hydrogens is 414 g/mol. The Kier molecular flexibility index (Phi) is 4.68. The molecular formula is C24H20BrNO2. The van der Waals surface area contributed by atoms with Crippen LogP contribution in [0.1, 0.15) is 31.1 Å². The van der Waals surface area contributed by atoms with Crippen LogP contribution in [0.4, 0.5) is 0 Å². The van der Waals surface area contributed by atoms with E-state index in [0.29, 0.717) is 5.56 Å². The normalized spacial score (nSPS) is 11.7. The number of hydrogen-bond donors (Lipinski definition) is 0. The van der Waals surface area contributed by atoms with Crippen LogP contribution in [0.25, 0.3) is 32.9 Å². The Morgan fingerprint density at radius 1 is 0.964 bits per heavy atom. The average molecular weight is 434 g/mol. The van der Waals surface area contributed by atoms with E-state index in [9.17, 15) is 4.79 Å². The highest BCUT2D eigenvalue weighted by molar-refractivity contribution is 9.10. The summed E-state index contributed by atoms with van der Waals surface area (Å²) in [6, 6.07) is 21.9. The first-order chi connectivity index (χ1) is 13.3. The lowest BCUT2D eigenvalue weighted by Crippen LogP contribution is -2.24. The number of pyridine rings is 1. The molecule has 0 aliphatic rings. The van der Waals surface area contributed by atoms with Crippen molar-refractivity contribution in [2.24, 2.45) is 0 Å². The molecule has 0 spiro atoms. The predicted octanol–water partition coefficient (Wildman–Crippen LogP) is 6.77. The molecule has 0 aliphatic carbocycles. The van der Waals surface area contributed by atoms with Crippen LogP contribution in [0.2, 0.25) is 0 Å². The van der Waals surface area contributed by atoms with Crippen LogP contribution in [-0.4, -0.2) is 16.6 Å². The molecule has 4 rings (SSSR count). The van der Waals surface area contributed by atoms with Crippen molar-refractivity contribution in [3.63, 3.8) is 0 Å². The van der Waals surface area contributed by atoms with Crippen molar-refractivity contribution in [1.29, 1.82) is 0 Å². The first-order valence-corrected chi connectivity index (χ1v) is 9.93. The van der Waals surface area contributed by atoms with Gasteiger partial charge in [0, 0.05) is 20.8 Å². The largest absolute Gasteiger partial charge is 0.456 e. The van der Waals surface area contributed by atoms with Gasteiger partial charge in [0.2, 0.25) is 0 Å². The minimum Gasteiger partial charge on any atom is -0.456 e. The van der Waals surface area contributed by atoms with Crippen LogP contribution in [0.3, 0.4) is 0 Å². The van der Waals surface area contributed by atoms with Gasteiger partial charge in [-0.25, -0.2) is 9.78 Å². The molecule has 0 saturated heterocycles. The molecule has 0 saturated carbocycles. The minimum atomic E-state index is -0.557. The van der Waals surface area contributed by atoms with Gasteiger partial charge in [-0.05, 0) is 56.7 Å². The maximum Gasteiger partial charge on any atom is 0.339 e. The van der Waals surface area contributed by atoms with Gasteiger partial charge < -0.3 is 4.74 Å². The third-order valence-electron chi connectivity index (χ3n) is 4.46. The number of esters is 1. The summed E-state index contributed by atoms with van der Waals surface area (Å²) >= 11 is 3.48. The van der Waals surface area contributed by atoms with Gasteiger partial charge in [0.1, 0.15) is 5.60 Å². The molecule has 28 heavy (non-hydrogen) atoms. The zero-order valence-corrected chi connectivity index (χ0v) is 17.6. The van der Waals surface area contributed by atoms with E-state index >= 15 is 0 Å². The zero-order valence-electron chi connectivity index (χ0n) is 16.0. The standard InChI is InChI=1S/C24H20BrNO2/c1-24(2,3)28-23(27)19-13-12-18(15-8-10-17(25)11-9-15)22-20(19)14-16-6-4-5-7-21(16)26-22/h4-14H,1-3H3. The molecule has 0 aliphatic heterocycles. The lowest BCUT2D eigenvalue weighted by molar-refractivity contribution is 0.00719. The molecule has 0 N–H and O–H groups in total. The Bertz CT molecular complexity index is 1190. The van der Waals surface area contributed by atoms with Gasteiger partial charge in [-0.1, -0.05) is 52.3 Å². The summed E-state index contributed by atoms with van der Waals surface area (Å²) in [5, 5.41) is 1.79. The van der Waals surface area contributed by atoms with E-state index in [2.05, 4.69) is 15.9 Å². The van der Waals surface area contributed by atoms with Crippen LogP contribution in [0.5, 0.6) is 0 Å². The van der Waals surface area contributed by atoms with Gasteiger partial charge in [-0.15, -0.1) is 0 Å². The molecule has 1 aromatic heterocycles. The first-order valence-electron chi connectivity index (χ1n) is 9.14. The summed E-state index contributed by atoms with van der Waals surface area (Å²) in [6.45, 7) is 5.62. The Hall–Kier alpha value is -2.72. The molecule has 1 heterocycles. The molecule has 0 atom stereocenters. The summed E-state index contributed by atoms with van der Waals surface area (Å²) in [5.74, 6) is -0.336. The van der Waals surface area contributed by atoms with Crippen LogP contribution in [0, 0.1) is 0 Å². The van der Waals surface area contributed by atoms with E-state index in [1.807, 2.05) is 87.5 Å². The number of carbonyl (C=O) groups excluding carboxylic acids is 1. The van der Waals surface area contributed by atoms with E-state index in [-0.39, 0.29) is 5.97 Å². The van der Waals surface area contributed by atoms with E-state index in [1.54, 1.807) is 0 Å². The number of halogens is 1. The zero-order chi connectivity index (χ0) is 19.9. The number of nitrogens with zero attached hydrogens (tertiary/aromatic N) is 1. The van der Waals surface area contributed by atoms with Crippen LogP contribution in [0.15, 0.2) is 71.2 Å². The average Bonchev–Trinajstić information content (AvgIpc) is 2.65. The van der Waals surface area contributed by atoms with Crippen LogP contribution in [-0.2, 0) is 4.74 Å². The van der Waals surface area contributed by atoms with Crippen molar-refractivity contribution in [1.82, 2.24) is 4.98 Å². The van der Waals surface area contributed by atoms with E-state index in [0.717, 1.165) is 37.4 Å². The highest BCUT2D eigenvalue weighted by Crippen LogP contribution is 2.33. The molecule has 0 bridgehead atoms. The van der Waals surface area contributed by atoms with Gasteiger partial charge >= 0.3 is 5.97 Å². The SMILES string of the molecule is CC(C)(C)OC(=O)c1ccc(-c2ccc(Br)cc2)c2nc3ccccc3cc12. The third kappa shape index (κ3) is 3.65. The predicted molar refractivity (Wildman–Crippen MR) is 118 cm³/mol. The van der Waals surface area contributed by atoms with Gasteiger partial charge in [-0.3, -0.25) is 0 Å². The maximum absolute atomic E-state index is 12.8. The van der Waals surface area contributed by atoms with Gasteiger partial charge in [0.25, 0.3) is 0 Å². The van der Waals surface area contributed by atoms with Crippen molar-refractivity contribution >= 4 is 43.7 Å². The van der Waals surface area contributed by atoms with Crippen molar-refractivity contribution < 1.29 is 9.53 Å². The van der Waals surface area contributed by atoms with Crippen LogP contribution >= 0.6 is 15.9 Å². The second-order valence-corrected chi connectivity index (χ2v) is 8.66. The summed E-state index contributed by atoms with van der Waals surface area (Å²) < 4.78 is 6.65. The fraction of sp³-hybridized carbons (Fsp3) is 0.167. The topological polar surface area (TPSA) is 39.2 Å². The molecule has 0 fully saturated rings. The Balaban J connectivity index is 1.99. The lowest BCUT2D eigenvalue weighted by atomic mass is 9.97. The molecule has 3 aromatic carbocycles. The molecule has 140 valence electrons. The number of hydrogen-bond acceptors (Lipinski definition) is 3. The fourth-order valence-corrected chi connectivity index (χ4v) is 3.50. The molecule has 3 nitrogen and oxygen atoms in total. The molecule has 0 unspecified atom stereocenters. The van der Waals surface area contributed by atoms with Crippen LogP contribution < -0.4 is 0 Å². The molecule has 0 amide bonds. The number of ether oxygens (including phenoxy) is 1. The quantitative estimate of drug-likeness (QED) is 0.258. The second kappa shape index (κ2) is 7.02. The van der Waals surface area contributed by atoms with Gasteiger partial charge in [-0.2, -0.15) is 0 Å². The second-order valence-electron chi connectivity index (χ2n) is 7.75. The lowest BCUT2D eigenvalue weighted by Gasteiger charge is -2.20. The summed E-state index contributed by atoms with van der Waals surface area (Å²) in [4.78, 5) is 17.7. The molecule has 4 heteroatoms. The highest BCUT2D eigenvalue weighted by atomic mass is 79.9. The molecule has 0 radical (unpaired) electrons. The number of benzene rings is 3.